The summed E-state index contributed by atoms with van der Waals surface area (Å²) in [4.78, 5) is 33.7. The summed E-state index contributed by atoms with van der Waals surface area (Å²) in [6.45, 7) is -0.910. The van der Waals surface area contributed by atoms with Crippen LogP contribution in [0.15, 0.2) is 24.8 Å². The van der Waals surface area contributed by atoms with Gasteiger partial charge in [0.2, 0.25) is 5.91 Å². The predicted octanol–water partition coefficient (Wildman–Crippen LogP) is 2.33. The molecule has 0 spiro atoms. The fourth-order valence-corrected chi connectivity index (χ4v) is 4.45. The van der Waals surface area contributed by atoms with Gasteiger partial charge >= 0.3 is 6.18 Å². The first-order valence-electron chi connectivity index (χ1n) is 11.6. The molecule has 5 rings (SSSR count). The van der Waals surface area contributed by atoms with Crippen LogP contribution in [0.5, 0.6) is 5.75 Å². The molecule has 1 unspecified atom stereocenters. The summed E-state index contributed by atoms with van der Waals surface area (Å²) < 4.78 is 96.8. The first-order chi connectivity index (χ1) is 18.2. The first kappa shape index (κ1) is 24.2. The summed E-state index contributed by atoms with van der Waals surface area (Å²) >= 11 is 0. The van der Waals surface area contributed by atoms with E-state index < -0.39 is 90.2 Å². The van der Waals surface area contributed by atoms with Crippen LogP contribution in [0.2, 0.25) is 0 Å². The Morgan fingerprint density at radius 1 is 1.32 bits per heavy atom. The molecule has 1 saturated carbocycles. The van der Waals surface area contributed by atoms with Crippen molar-refractivity contribution < 1.29 is 42.0 Å². The molecule has 10 nitrogen and oxygen atoms in total. The summed E-state index contributed by atoms with van der Waals surface area (Å²) in [7, 11) is 1.10. The molecule has 2 fully saturated rings. The van der Waals surface area contributed by atoms with E-state index in [1.165, 1.54) is 0 Å². The molecule has 16 heteroatoms. The number of halogens is 6. The third-order valence-corrected chi connectivity index (χ3v) is 6.44. The number of nitrogens with one attached hydrogen (secondary N) is 1. The van der Waals surface area contributed by atoms with E-state index >= 15 is 0 Å². The highest BCUT2D eigenvalue weighted by atomic mass is 19.4. The smallest absolute Gasteiger partial charge is 0.418 e. The normalized spacial score (nSPS) is 22.9. The van der Waals surface area contributed by atoms with Crippen molar-refractivity contribution in [2.24, 2.45) is 5.92 Å². The highest BCUT2D eigenvalue weighted by molar-refractivity contribution is 5.99. The molecule has 4 heterocycles. The number of amides is 2. The maximum Gasteiger partial charge on any atom is 0.418 e. The maximum absolute atomic E-state index is 14.7. The van der Waals surface area contributed by atoms with E-state index in [1.807, 2.05) is 0 Å². The highest BCUT2D eigenvalue weighted by Gasteiger charge is 2.63. The number of nitrogen functional groups attached to an aromatic ring is 1. The summed E-state index contributed by atoms with van der Waals surface area (Å²) in [5.41, 5.74) is 3.00. The van der Waals surface area contributed by atoms with Crippen LogP contribution in [0.1, 0.15) is 23.7 Å². The van der Waals surface area contributed by atoms with E-state index in [-0.39, 0.29) is 17.0 Å². The summed E-state index contributed by atoms with van der Waals surface area (Å²) in [5.74, 6) is -7.51. The van der Waals surface area contributed by atoms with Gasteiger partial charge in [0.25, 0.3) is 11.8 Å². The number of alkyl halides is 6. The van der Waals surface area contributed by atoms with Crippen LogP contribution in [0, 0.1) is 5.92 Å². The van der Waals surface area contributed by atoms with Crippen LogP contribution in [-0.4, -0.2) is 74.6 Å². The lowest BCUT2D eigenvalue weighted by atomic mass is 10.1. The molecule has 0 aromatic carbocycles. The number of anilines is 1. The number of carbonyl (C=O) groups excluding carboxylic acids is 2. The van der Waals surface area contributed by atoms with Gasteiger partial charge in [0.15, 0.2) is 5.82 Å². The molecular formula is C22H19F6N7O3. The second-order valence-corrected chi connectivity index (χ2v) is 8.90. The number of nitrogens with zero attached hydrogens (tertiary/aromatic N) is 5. The van der Waals surface area contributed by atoms with Crippen molar-refractivity contribution in [2.75, 3.05) is 25.9 Å². The molecule has 3 N–H and O–H groups in total. The molecule has 0 bridgehead atoms. The predicted molar refractivity (Wildman–Crippen MR) is 118 cm³/mol. The van der Waals surface area contributed by atoms with Gasteiger partial charge < -0.3 is 20.7 Å². The van der Waals surface area contributed by atoms with Crippen LogP contribution in [0.3, 0.4) is 0 Å². The van der Waals surface area contributed by atoms with Crippen molar-refractivity contribution in [3.05, 3.63) is 35.9 Å². The zero-order chi connectivity index (χ0) is 28.4. The van der Waals surface area contributed by atoms with Crippen molar-refractivity contribution in [3.8, 4) is 17.0 Å². The standard InChI is InChI=1S/C22H19F6N7O3/c1-38-17-9(15-2-11(22(26,27)28)16-18(29)31-8-32-35(15)16)4-30-5-10(17)19(36)33-14-7-34(6-13(14)23)20(37)12-3-21(12,24)25/h2,4-5,8,12-14H,3,6-7H2,1H3,(H,33,36)(H2,29,31,32)/t12?,13-,14+/m0/s1/i5D. The van der Waals surface area contributed by atoms with E-state index in [4.69, 9.17) is 11.8 Å². The van der Waals surface area contributed by atoms with E-state index in [0.29, 0.717) is 6.07 Å². The number of fused-ring (bicyclic) bond motifs is 1. The molecular weight excluding hydrogens is 524 g/mol. The zero-order valence-electron chi connectivity index (χ0n) is 20.4. The van der Waals surface area contributed by atoms with Crippen molar-refractivity contribution in [1.29, 1.82) is 0 Å². The Morgan fingerprint density at radius 2 is 2.03 bits per heavy atom. The SMILES string of the molecule is [2H]c1ncc(-c2cc(C(F)(F)F)c3c(N)ncnn23)c(OC)c1C(=O)N[C@@H]1CN(C(=O)C2CC2(F)F)C[C@@H]1F. The van der Waals surface area contributed by atoms with Crippen molar-refractivity contribution >= 4 is 23.1 Å². The molecule has 202 valence electrons. The Bertz CT molecular complexity index is 1500. The van der Waals surface area contributed by atoms with Crippen LogP contribution < -0.4 is 15.8 Å². The van der Waals surface area contributed by atoms with Gasteiger partial charge in [-0.05, 0) is 6.07 Å². The lowest BCUT2D eigenvalue weighted by Crippen LogP contribution is -2.42. The van der Waals surface area contributed by atoms with E-state index in [1.54, 1.807) is 0 Å². The lowest BCUT2D eigenvalue weighted by molar-refractivity contribution is -0.136. The van der Waals surface area contributed by atoms with Gasteiger partial charge in [-0.15, -0.1) is 0 Å². The quantitative estimate of drug-likeness (QED) is 0.472. The topological polar surface area (TPSA) is 128 Å². The minimum Gasteiger partial charge on any atom is -0.495 e. The highest BCUT2D eigenvalue weighted by Crippen LogP contribution is 2.50. The van der Waals surface area contributed by atoms with Gasteiger partial charge in [-0.2, -0.15) is 18.3 Å². The molecule has 1 aliphatic heterocycles. The van der Waals surface area contributed by atoms with Gasteiger partial charge in [0.05, 0.1) is 37.9 Å². The van der Waals surface area contributed by atoms with Crippen molar-refractivity contribution in [1.82, 2.24) is 29.8 Å². The minimum atomic E-state index is -4.86. The van der Waals surface area contributed by atoms with Crippen molar-refractivity contribution in [3.63, 3.8) is 0 Å². The van der Waals surface area contributed by atoms with Crippen molar-refractivity contribution in [2.45, 2.75) is 30.7 Å². The van der Waals surface area contributed by atoms with Gasteiger partial charge in [-0.1, -0.05) is 0 Å². The van der Waals surface area contributed by atoms with E-state index in [0.717, 1.165) is 29.0 Å². The lowest BCUT2D eigenvalue weighted by Gasteiger charge is -2.18. The van der Waals surface area contributed by atoms with E-state index in [2.05, 4.69) is 20.4 Å². The Hall–Kier alpha value is -4.11. The monoisotopic (exact) mass is 544 g/mol. The third kappa shape index (κ3) is 4.22. The largest absolute Gasteiger partial charge is 0.495 e. The molecule has 3 aromatic rings. The second-order valence-electron chi connectivity index (χ2n) is 8.90. The average molecular weight is 544 g/mol. The number of nitrogens with two attached hydrogens (primary N) is 1. The Morgan fingerprint density at radius 3 is 2.66 bits per heavy atom. The fourth-order valence-electron chi connectivity index (χ4n) is 4.45. The molecule has 3 aromatic heterocycles. The molecule has 2 aliphatic rings. The number of carbonyl (C=O) groups is 2. The van der Waals surface area contributed by atoms with Crippen LogP contribution in [0.4, 0.5) is 32.2 Å². The van der Waals surface area contributed by atoms with Crippen LogP contribution in [-0.2, 0) is 11.0 Å². The Balaban J connectivity index is 1.49. The average Bonchev–Trinajstić information content (AvgIpc) is 3.15. The third-order valence-electron chi connectivity index (χ3n) is 6.44. The van der Waals surface area contributed by atoms with Crippen LogP contribution in [0.25, 0.3) is 16.8 Å². The molecule has 3 atom stereocenters. The zero-order valence-corrected chi connectivity index (χ0v) is 19.4. The maximum atomic E-state index is 14.7. The number of hydrogen-bond acceptors (Lipinski definition) is 7. The van der Waals surface area contributed by atoms with E-state index in [9.17, 15) is 35.9 Å². The summed E-state index contributed by atoms with van der Waals surface area (Å²) in [5, 5.41) is 6.14. The number of pyridine rings is 1. The molecule has 38 heavy (non-hydrogen) atoms. The minimum absolute atomic E-state index is 0.168. The first-order valence-corrected chi connectivity index (χ1v) is 11.1. The summed E-state index contributed by atoms with van der Waals surface area (Å²) in [6, 6.07) is -0.600. The molecule has 2 amide bonds. The van der Waals surface area contributed by atoms with Gasteiger partial charge in [-0.3, -0.25) is 14.6 Å². The number of rotatable bonds is 5. The molecule has 1 saturated heterocycles. The molecule has 0 radical (unpaired) electrons. The fraction of sp³-hybridized carbons (Fsp3) is 0.409. The number of aromatic nitrogens is 4. The number of ether oxygens (including phenoxy) is 1. The Labute approximate surface area is 211 Å². The van der Waals surface area contributed by atoms with Gasteiger partial charge in [0, 0.05) is 25.3 Å². The number of likely N-dealkylation sites (tertiary alicyclic amines) is 1. The number of methoxy groups -OCH3 is 1. The Kier molecular flexibility index (Phi) is 5.57. The van der Waals surface area contributed by atoms with Crippen LogP contribution >= 0.6 is 0 Å². The van der Waals surface area contributed by atoms with Gasteiger partial charge in [0.1, 0.15) is 35.2 Å². The second kappa shape index (κ2) is 8.73. The summed E-state index contributed by atoms with van der Waals surface area (Å²) in [6.07, 6.45) is -6.00. The van der Waals surface area contributed by atoms with Gasteiger partial charge in [-0.25, -0.2) is 22.7 Å². The molecule has 1 aliphatic carbocycles. The number of hydrogen-bond donors (Lipinski definition) is 2.